The van der Waals surface area contributed by atoms with Gasteiger partial charge in [-0.25, -0.2) is 9.18 Å². The van der Waals surface area contributed by atoms with E-state index in [0.717, 1.165) is 11.4 Å². The molecule has 1 aromatic heterocycles. The molecule has 1 aromatic carbocycles. The Bertz CT molecular complexity index is 885. The number of carbonyl (C=O) groups is 1. The third-order valence-electron chi connectivity index (χ3n) is 5.02. The first-order valence-electron chi connectivity index (χ1n) is 9.99. The number of aryl methyl sites for hydroxylation is 1. The second-order valence-corrected chi connectivity index (χ2v) is 7.99. The van der Waals surface area contributed by atoms with Crippen molar-refractivity contribution in [2.75, 3.05) is 28.6 Å². The Morgan fingerprint density at radius 1 is 1.21 bits per heavy atom. The van der Waals surface area contributed by atoms with Crippen LogP contribution in [0.2, 0.25) is 0 Å². The van der Waals surface area contributed by atoms with Gasteiger partial charge in [0.15, 0.2) is 0 Å². The van der Waals surface area contributed by atoms with Gasteiger partial charge in [0.25, 0.3) is 0 Å². The molecule has 3 rings (SSSR count). The summed E-state index contributed by atoms with van der Waals surface area (Å²) >= 11 is 0. The maximum Gasteiger partial charge on any atom is 0.323 e. The van der Waals surface area contributed by atoms with E-state index in [1.165, 1.54) is 6.07 Å². The number of morpholine rings is 1. The predicted molar refractivity (Wildman–Crippen MR) is 113 cm³/mol. The lowest BCUT2D eigenvalue weighted by Crippen LogP contribution is -2.45. The van der Waals surface area contributed by atoms with Gasteiger partial charge in [-0.15, -0.1) is 0 Å². The van der Waals surface area contributed by atoms with Crippen LogP contribution in [-0.4, -0.2) is 41.1 Å². The molecule has 2 aromatic rings. The van der Waals surface area contributed by atoms with E-state index >= 15 is 0 Å². The summed E-state index contributed by atoms with van der Waals surface area (Å²) in [5, 5.41) is 9.99. The third-order valence-corrected chi connectivity index (χ3v) is 5.02. The zero-order valence-electron chi connectivity index (χ0n) is 17.9. The van der Waals surface area contributed by atoms with E-state index < -0.39 is 6.03 Å². The summed E-state index contributed by atoms with van der Waals surface area (Å²) in [7, 11) is 0. The van der Waals surface area contributed by atoms with Crippen LogP contribution in [0.3, 0.4) is 0 Å². The zero-order chi connectivity index (χ0) is 21.3. The summed E-state index contributed by atoms with van der Waals surface area (Å²) in [6, 6.07) is 4.51. The molecular formula is C21H30FN5O2. The Morgan fingerprint density at radius 2 is 1.86 bits per heavy atom. The minimum Gasteiger partial charge on any atom is -0.372 e. The van der Waals surface area contributed by atoms with Gasteiger partial charge in [-0.1, -0.05) is 0 Å². The van der Waals surface area contributed by atoms with Gasteiger partial charge in [-0.2, -0.15) is 5.10 Å². The molecule has 2 heterocycles. The molecule has 2 amide bonds. The second kappa shape index (κ2) is 8.41. The molecule has 1 aliphatic rings. The number of rotatable bonds is 4. The van der Waals surface area contributed by atoms with Crippen LogP contribution in [0.4, 0.5) is 26.2 Å². The van der Waals surface area contributed by atoms with Crippen molar-refractivity contribution in [2.24, 2.45) is 0 Å². The largest absolute Gasteiger partial charge is 0.372 e. The molecule has 1 fully saturated rings. The Balaban J connectivity index is 1.70. The van der Waals surface area contributed by atoms with Crippen molar-refractivity contribution >= 4 is 23.1 Å². The lowest BCUT2D eigenvalue weighted by Gasteiger charge is -2.37. The van der Waals surface area contributed by atoms with Gasteiger partial charge in [0.1, 0.15) is 5.82 Å². The first-order valence-corrected chi connectivity index (χ1v) is 9.99. The molecule has 7 nitrogen and oxygen atoms in total. The topological polar surface area (TPSA) is 71.4 Å². The first-order chi connectivity index (χ1) is 13.7. The van der Waals surface area contributed by atoms with Crippen molar-refractivity contribution in [3.05, 3.63) is 35.4 Å². The fourth-order valence-electron chi connectivity index (χ4n) is 3.84. The number of aromatic nitrogens is 2. The molecule has 0 spiro atoms. The van der Waals surface area contributed by atoms with E-state index in [2.05, 4.69) is 15.7 Å². The number of nitrogens with zero attached hydrogens (tertiary/aromatic N) is 3. The fourth-order valence-corrected chi connectivity index (χ4v) is 3.84. The average molecular weight is 404 g/mol. The summed E-state index contributed by atoms with van der Waals surface area (Å²) < 4.78 is 22.3. The van der Waals surface area contributed by atoms with E-state index in [1.807, 2.05) is 51.1 Å². The van der Waals surface area contributed by atoms with Gasteiger partial charge < -0.3 is 20.3 Å². The quantitative estimate of drug-likeness (QED) is 0.790. The lowest BCUT2D eigenvalue weighted by atomic mass is 10.2. The van der Waals surface area contributed by atoms with E-state index in [4.69, 9.17) is 4.74 Å². The average Bonchev–Trinajstić information content (AvgIpc) is 2.89. The summed E-state index contributed by atoms with van der Waals surface area (Å²) in [6.07, 6.45) is 0.0833. The molecule has 158 valence electrons. The van der Waals surface area contributed by atoms with Crippen LogP contribution < -0.4 is 15.5 Å². The molecule has 1 aliphatic heterocycles. The first kappa shape index (κ1) is 21.1. The van der Waals surface area contributed by atoms with Gasteiger partial charge in [0, 0.05) is 24.8 Å². The van der Waals surface area contributed by atoms with E-state index in [9.17, 15) is 9.18 Å². The van der Waals surface area contributed by atoms with Gasteiger partial charge >= 0.3 is 6.03 Å². The Kier molecular flexibility index (Phi) is 6.12. The molecule has 8 heteroatoms. The number of ether oxygens (including phenoxy) is 1. The lowest BCUT2D eigenvalue weighted by molar-refractivity contribution is -0.00539. The van der Waals surface area contributed by atoms with Crippen LogP contribution in [0.25, 0.3) is 0 Å². The molecule has 0 bridgehead atoms. The molecule has 0 aliphatic carbocycles. The van der Waals surface area contributed by atoms with Gasteiger partial charge in [-0.05, 0) is 59.7 Å². The standard InChI is InChI=1S/C21H30FN5O2/c1-12(2)27-16(6)20(15(5)25-27)24-21(28)23-17-7-8-19(18(22)9-17)26-10-13(3)29-14(4)11-26/h7-9,12-14H,10-11H2,1-6H3,(H2,23,24,28)/t13-,14-/m0/s1. The highest BCUT2D eigenvalue weighted by atomic mass is 19.1. The third kappa shape index (κ3) is 4.70. The Labute approximate surface area is 171 Å². The Morgan fingerprint density at radius 3 is 2.41 bits per heavy atom. The number of hydrogen-bond donors (Lipinski definition) is 2. The summed E-state index contributed by atoms with van der Waals surface area (Å²) in [5.41, 5.74) is 3.20. The van der Waals surface area contributed by atoms with E-state index in [0.29, 0.717) is 30.2 Å². The van der Waals surface area contributed by atoms with Crippen LogP contribution >= 0.6 is 0 Å². The molecule has 0 radical (unpaired) electrons. The second-order valence-electron chi connectivity index (χ2n) is 7.99. The number of carbonyl (C=O) groups excluding carboxylic acids is 1. The minimum absolute atomic E-state index is 0.0416. The summed E-state index contributed by atoms with van der Waals surface area (Å²) in [6.45, 7) is 13.0. The maximum absolute atomic E-state index is 14.7. The number of nitrogens with one attached hydrogen (secondary N) is 2. The van der Waals surface area contributed by atoms with Crippen molar-refractivity contribution in [2.45, 2.75) is 59.8 Å². The van der Waals surface area contributed by atoms with Crippen molar-refractivity contribution in [1.82, 2.24) is 9.78 Å². The number of anilines is 3. The van der Waals surface area contributed by atoms with Crippen molar-refractivity contribution in [3.8, 4) is 0 Å². The van der Waals surface area contributed by atoms with Gasteiger partial charge in [0.2, 0.25) is 0 Å². The van der Waals surface area contributed by atoms with Crippen molar-refractivity contribution in [3.63, 3.8) is 0 Å². The Hall–Kier alpha value is -2.61. The minimum atomic E-state index is -0.430. The van der Waals surface area contributed by atoms with Crippen LogP contribution in [0.15, 0.2) is 18.2 Å². The molecular weight excluding hydrogens is 373 g/mol. The smallest absolute Gasteiger partial charge is 0.323 e. The van der Waals surface area contributed by atoms with Crippen molar-refractivity contribution in [1.29, 1.82) is 0 Å². The number of halogens is 1. The van der Waals surface area contributed by atoms with Crippen LogP contribution in [0.5, 0.6) is 0 Å². The number of urea groups is 1. The summed E-state index contributed by atoms with van der Waals surface area (Å²) in [5.74, 6) is -0.371. The van der Waals surface area contributed by atoms with Crippen LogP contribution in [0, 0.1) is 19.7 Å². The molecule has 2 N–H and O–H groups in total. The van der Waals surface area contributed by atoms with E-state index in [1.54, 1.807) is 12.1 Å². The SMILES string of the molecule is Cc1nn(C(C)C)c(C)c1NC(=O)Nc1ccc(N2C[C@H](C)O[C@@H](C)C2)c(F)c1. The molecule has 29 heavy (non-hydrogen) atoms. The number of benzene rings is 1. The van der Waals surface area contributed by atoms with Crippen LogP contribution in [-0.2, 0) is 4.74 Å². The highest BCUT2D eigenvalue weighted by Crippen LogP contribution is 2.27. The molecule has 2 atom stereocenters. The highest BCUT2D eigenvalue weighted by Gasteiger charge is 2.24. The molecule has 0 saturated carbocycles. The molecule has 1 saturated heterocycles. The number of hydrogen-bond acceptors (Lipinski definition) is 4. The van der Waals surface area contributed by atoms with Crippen molar-refractivity contribution < 1.29 is 13.9 Å². The normalized spacial score (nSPS) is 19.5. The highest BCUT2D eigenvalue weighted by molar-refractivity contribution is 6.00. The predicted octanol–water partition coefficient (Wildman–Crippen LogP) is 4.48. The monoisotopic (exact) mass is 403 g/mol. The summed E-state index contributed by atoms with van der Waals surface area (Å²) in [4.78, 5) is 14.4. The maximum atomic E-state index is 14.7. The molecule has 0 unspecified atom stereocenters. The van der Waals surface area contributed by atoms with E-state index in [-0.39, 0.29) is 24.1 Å². The van der Waals surface area contributed by atoms with Crippen LogP contribution in [0.1, 0.15) is 45.1 Å². The van der Waals surface area contributed by atoms with Gasteiger partial charge in [0.05, 0.1) is 35.0 Å². The zero-order valence-corrected chi connectivity index (χ0v) is 17.9. The van der Waals surface area contributed by atoms with Gasteiger partial charge in [-0.3, -0.25) is 4.68 Å². The number of amides is 2. The fraction of sp³-hybridized carbons (Fsp3) is 0.524.